The third-order valence-electron chi connectivity index (χ3n) is 3.82. The van der Waals surface area contributed by atoms with E-state index in [1.807, 2.05) is 42.5 Å². The van der Waals surface area contributed by atoms with Gasteiger partial charge in [0.2, 0.25) is 0 Å². The lowest BCUT2D eigenvalue weighted by Gasteiger charge is -2.21. The zero-order chi connectivity index (χ0) is 16.6. The van der Waals surface area contributed by atoms with Gasteiger partial charge in [-0.3, -0.25) is 0 Å². The minimum absolute atomic E-state index is 0.123. The highest BCUT2D eigenvalue weighted by molar-refractivity contribution is 7.80. The molecule has 0 saturated heterocycles. The Hall–Kier alpha value is -2.65. The zero-order valence-corrected chi connectivity index (χ0v) is 14.2. The van der Waals surface area contributed by atoms with Gasteiger partial charge in [-0.25, -0.2) is 0 Å². The Morgan fingerprint density at radius 1 is 0.750 bits per heavy atom. The minimum atomic E-state index is 0.123. The van der Waals surface area contributed by atoms with Crippen LogP contribution in [0.2, 0.25) is 0 Å². The number of thiocarbonyl (C=S) groups is 1. The SMILES string of the molecule is S=C(Nc1ccccc1)N[C@@H](Cc1ccccc1)c1ccccc1. The van der Waals surface area contributed by atoms with Gasteiger partial charge in [0.1, 0.15) is 0 Å². The molecule has 0 aromatic heterocycles. The van der Waals surface area contributed by atoms with Crippen LogP contribution in [-0.4, -0.2) is 5.11 Å². The largest absolute Gasteiger partial charge is 0.355 e. The number of anilines is 1. The number of rotatable bonds is 5. The van der Waals surface area contributed by atoms with Crippen molar-refractivity contribution in [3.63, 3.8) is 0 Å². The van der Waals surface area contributed by atoms with Crippen molar-refractivity contribution in [2.24, 2.45) is 0 Å². The number of para-hydroxylation sites is 1. The summed E-state index contributed by atoms with van der Waals surface area (Å²) in [5.74, 6) is 0. The molecule has 2 nitrogen and oxygen atoms in total. The Bertz CT molecular complexity index is 758. The summed E-state index contributed by atoms with van der Waals surface area (Å²) in [7, 11) is 0. The average Bonchev–Trinajstić information content (AvgIpc) is 2.63. The van der Waals surface area contributed by atoms with E-state index >= 15 is 0 Å². The van der Waals surface area contributed by atoms with E-state index in [4.69, 9.17) is 12.2 Å². The molecule has 120 valence electrons. The van der Waals surface area contributed by atoms with E-state index in [1.165, 1.54) is 11.1 Å². The molecular weight excluding hydrogens is 312 g/mol. The van der Waals surface area contributed by atoms with E-state index in [0.717, 1.165) is 12.1 Å². The van der Waals surface area contributed by atoms with Crippen LogP contribution in [0.25, 0.3) is 0 Å². The van der Waals surface area contributed by atoms with Gasteiger partial charge in [0, 0.05) is 5.69 Å². The Morgan fingerprint density at radius 3 is 1.92 bits per heavy atom. The molecule has 0 radical (unpaired) electrons. The van der Waals surface area contributed by atoms with Gasteiger partial charge in [-0.05, 0) is 41.9 Å². The second kappa shape index (κ2) is 8.27. The summed E-state index contributed by atoms with van der Waals surface area (Å²) in [6.45, 7) is 0. The molecule has 24 heavy (non-hydrogen) atoms. The Morgan fingerprint density at radius 2 is 1.29 bits per heavy atom. The summed E-state index contributed by atoms with van der Waals surface area (Å²) >= 11 is 5.51. The fourth-order valence-corrected chi connectivity index (χ4v) is 2.89. The van der Waals surface area contributed by atoms with Crippen molar-refractivity contribution in [1.29, 1.82) is 0 Å². The van der Waals surface area contributed by atoms with Crippen molar-refractivity contribution in [2.75, 3.05) is 5.32 Å². The second-order valence-corrected chi connectivity index (χ2v) is 6.03. The van der Waals surface area contributed by atoms with Crippen LogP contribution in [0.5, 0.6) is 0 Å². The van der Waals surface area contributed by atoms with Gasteiger partial charge in [-0.1, -0.05) is 78.9 Å². The normalized spacial score (nSPS) is 11.5. The Balaban J connectivity index is 1.73. The Labute approximate surface area is 148 Å². The minimum Gasteiger partial charge on any atom is -0.355 e. The summed E-state index contributed by atoms with van der Waals surface area (Å²) in [4.78, 5) is 0. The van der Waals surface area contributed by atoms with Crippen molar-refractivity contribution in [3.05, 3.63) is 102 Å². The van der Waals surface area contributed by atoms with Gasteiger partial charge in [-0.2, -0.15) is 0 Å². The van der Waals surface area contributed by atoms with Crippen LogP contribution in [0.1, 0.15) is 17.2 Å². The smallest absolute Gasteiger partial charge is 0.171 e. The predicted molar refractivity (Wildman–Crippen MR) is 105 cm³/mol. The van der Waals surface area contributed by atoms with Crippen LogP contribution >= 0.6 is 12.2 Å². The molecule has 0 unspecified atom stereocenters. The molecule has 0 fully saturated rings. The van der Waals surface area contributed by atoms with Crippen LogP contribution in [0.3, 0.4) is 0 Å². The van der Waals surface area contributed by atoms with E-state index in [-0.39, 0.29) is 6.04 Å². The maximum Gasteiger partial charge on any atom is 0.171 e. The van der Waals surface area contributed by atoms with Gasteiger partial charge < -0.3 is 10.6 Å². The number of hydrogen-bond donors (Lipinski definition) is 2. The molecule has 2 N–H and O–H groups in total. The topological polar surface area (TPSA) is 24.1 Å². The highest BCUT2D eigenvalue weighted by Crippen LogP contribution is 2.19. The highest BCUT2D eigenvalue weighted by atomic mass is 32.1. The average molecular weight is 332 g/mol. The van der Waals surface area contributed by atoms with Crippen LogP contribution in [-0.2, 0) is 6.42 Å². The van der Waals surface area contributed by atoms with Gasteiger partial charge in [-0.15, -0.1) is 0 Å². The molecule has 0 heterocycles. The summed E-state index contributed by atoms with van der Waals surface area (Å²) in [6, 6.07) is 31.0. The molecule has 0 aliphatic rings. The summed E-state index contributed by atoms with van der Waals surface area (Å²) in [5.41, 5.74) is 3.49. The maximum absolute atomic E-state index is 5.51. The number of benzene rings is 3. The molecule has 3 rings (SSSR count). The molecule has 0 amide bonds. The zero-order valence-electron chi connectivity index (χ0n) is 13.4. The first-order valence-corrected chi connectivity index (χ1v) is 8.43. The van der Waals surface area contributed by atoms with Gasteiger partial charge in [0.05, 0.1) is 6.04 Å². The van der Waals surface area contributed by atoms with Crippen molar-refractivity contribution in [2.45, 2.75) is 12.5 Å². The van der Waals surface area contributed by atoms with Crippen LogP contribution < -0.4 is 10.6 Å². The standard InChI is InChI=1S/C21H20N2S/c24-21(22-19-14-8-3-9-15-19)23-20(18-12-6-2-7-13-18)16-17-10-4-1-5-11-17/h1-15,20H,16H2,(H2,22,23,24)/t20-/m0/s1. The lowest BCUT2D eigenvalue weighted by molar-refractivity contribution is 0.648. The molecule has 0 aliphatic carbocycles. The Kier molecular flexibility index (Phi) is 5.59. The van der Waals surface area contributed by atoms with Crippen molar-refractivity contribution in [1.82, 2.24) is 5.32 Å². The summed E-state index contributed by atoms with van der Waals surface area (Å²) in [5, 5.41) is 7.33. The number of hydrogen-bond acceptors (Lipinski definition) is 1. The molecule has 0 bridgehead atoms. The van der Waals surface area contributed by atoms with E-state index in [1.54, 1.807) is 0 Å². The molecule has 3 heteroatoms. The molecule has 0 saturated carbocycles. The summed E-state index contributed by atoms with van der Waals surface area (Å²) in [6.07, 6.45) is 0.876. The van der Waals surface area contributed by atoms with E-state index in [0.29, 0.717) is 5.11 Å². The highest BCUT2D eigenvalue weighted by Gasteiger charge is 2.13. The molecule has 3 aromatic rings. The van der Waals surface area contributed by atoms with Crippen molar-refractivity contribution >= 4 is 23.0 Å². The first-order valence-electron chi connectivity index (χ1n) is 8.03. The van der Waals surface area contributed by atoms with Crippen LogP contribution in [0, 0.1) is 0 Å². The lowest BCUT2D eigenvalue weighted by atomic mass is 9.99. The van der Waals surface area contributed by atoms with Crippen molar-refractivity contribution in [3.8, 4) is 0 Å². The van der Waals surface area contributed by atoms with E-state index in [9.17, 15) is 0 Å². The van der Waals surface area contributed by atoms with E-state index in [2.05, 4.69) is 59.2 Å². The quantitative estimate of drug-likeness (QED) is 0.646. The molecule has 1 atom stereocenters. The van der Waals surface area contributed by atoms with Crippen LogP contribution in [0.15, 0.2) is 91.0 Å². The van der Waals surface area contributed by atoms with Gasteiger partial charge >= 0.3 is 0 Å². The fourth-order valence-electron chi connectivity index (χ4n) is 2.63. The molecular formula is C21H20N2S. The van der Waals surface area contributed by atoms with E-state index < -0.39 is 0 Å². The predicted octanol–water partition coefficient (Wildman–Crippen LogP) is 4.96. The fraction of sp³-hybridized carbons (Fsp3) is 0.0952. The monoisotopic (exact) mass is 332 g/mol. The van der Waals surface area contributed by atoms with Gasteiger partial charge in [0.25, 0.3) is 0 Å². The summed E-state index contributed by atoms with van der Waals surface area (Å²) < 4.78 is 0. The third-order valence-corrected chi connectivity index (χ3v) is 4.04. The third kappa shape index (κ3) is 4.67. The van der Waals surface area contributed by atoms with Crippen LogP contribution in [0.4, 0.5) is 5.69 Å². The van der Waals surface area contributed by atoms with Crippen molar-refractivity contribution < 1.29 is 0 Å². The lowest BCUT2D eigenvalue weighted by Crippen LogP contribution is -2.33. The molecule has 0 spiro atoms. The second-order valence-electron chi connectivity index (χ2n) is 5.62. The molecule has 3 aromatic carbocycles. The van der Waals surface area contributed by atoms with Gasteiger partial charge in [0.15, 0.2) is 5.11 Å². The molecule has 0 aliphatic heterocycles. The first-order chi connectivity index (χ1) is 11.8. The maximum atomic E-state index is 5.51. The number of nitrogens with one attached hydrogen (secondary N) is 2. The first kappa shape index (κ1) is 16.2.